The molecule has 1 saturated carbocycles. The average Bonchev–Trinajstić information content (AvgIpc) is 3.65. The van der Waals surface area contributed by atoms with Crippen LogP contribution in [-0.2, 0) is 13.0 Å². The van der Waals surface area contributed by atoms with Crippen LogP contribution >= 0.6 is 11.3 Å². The van der Waals surface area contributed by atoms with E-state index in [4.69, 9.17) is 4.74 Å². The smallest absolute Gasteiger partial charge is 0.341 e. The number of aromatic carboxylic acids is 1. The summed E-state index contributed by atoms with van der Waals surface area (Å²) in [5.74, 6) is -0.248. The van der Waals surface area contributed by atoms with Gasteiger partial charge in [-0.25, -0.2) is 4.79 Å². The predicted octanol–water partition coefficient (Wildman–Crippen LogP) is 6.01. The Morgan fingerprint density at radius 1 is 1.17 bits per heavy atom. The summed E-state index contributed by atoms with van der Waals surface area (Å²) < 4.78 is 5.92. The largest absolute Gasteiger partial charge is 0.494 e. The van der Waals surface area contributed by atoms with Gasteiger partial charge in [-0.1, -0.05) is 30.3 Å². The third-order valence-corrected chi connectivity index (χ3v) is 8.60. The van der Waals surface area contributed by atoms with Crippen molar-refractivity contribution in [1.82, 2.24) is 10.3 Å². The van der Waals surface area contributed by atoms with Crippen LogP contribution in [-0.4, -0.2) is 23.2 Å². The van der Waals surface area contributed by atoms with Crippen molar-refractivity contribution in [3.63, 3.8) is 0 Å². The van der Waals surface area contributed by atoms with Crippen molar-refractivity contribution in [3.8, 4) is 16.2 Å². The van der Waals surface area contributed by atoms with Crippen molar-refractivity contribution in [1.29, 1.82) is 0 Å². The van der Waals surface area contributed by atoms with Crippen LogP contribution in [0.2, 0.25) is 0 Å². The van der Waals surface area contributed by atoms with E-state index in [1.54, 1.807) is 7.11 Å². The number of aryl methyl sites for hydroxylation is 1. The molecule has 2 aromatic heterocycles. The van der Waals surface area contributed by atoms with Crippen molar-refractivity contribution in [2.24, 2.45) is 0 Å². The van der Waals surface area contributed by atoms with E-state index in [-0.39, 0.29) is 5.56 Å². The van der Waals surface area contributed by atoms with Crippen LogP contribution in [0.15, 0.2) is 53.5 Å². The molecule has 6 rings (SSSR count). The van der Waals surface area contributed by atoms with Crippen molar-refractivity contribution >= 4 is 28.2 Å². The number of aromatic nitrogens is 1. The molecule has 0 aliphatic heterocycles. The molecule has 0 radical (unpaired) electrons. The van der Waals surface area contributed by atoms with Gasteiger partial charge in [0.15, 0.2) is 5.75 Å². The first-order chi connectivity index (χ1) is 17.5. The number of fused-ring (bicyclic) bond motifs is 2. The van der Waals surface area contributed by atoms with E-state index < -0.39 is 11.4 Å². The molecule has 1 atom stereocenters. The number of H-pyrrole nitrogens is 1. The van der Waals surface area contributed by atoms with Gasteiger partial charge in [0.25, 0.3) is 0 Å². The minimum atomic E-state index is -1.23. The molecule has 36 heavy (non-hydrogen) atoms. The fourth-order valence-corrected chi connectivity index (χ4v) is 6.75. The third-order valence-electron chi connectivity index (χ3n) is 7.37. The Balaban J connectivity index is 1.45. The van der Waals surface area contributed by atoms with Gasteiger partial charge in [-0.15, -0.1) is 11.3 Å². The zero-order chi connectivity index (χ0) is 24.8. The van der Waals surface area contributed by atoms with Gasteiger partial charge in [0.05, 0.1) is 18.0 Å². The zero-order valence-electron chi connectivity index (χ0n) is 20.1. The summed E-state index contributed by atoms with van der Waals surface area (Å²) >= 11 is 1.82. The lowest BCUT2D eigenvalue weighted by atomic mass is 9.91. The normalized spacial score (nSPS) is 17.2. The number of carbonyl (C=O) groups is 1. The molecule has 1 unspecified atom stereocenters. The van der Waals surface area contributed by atoms with Crippen LogP contribution in [0.3, 0.4) is 0 Å². The number of hydrogen-bond acceptors (Lipinski definition) is 5. The molecule has 7 heteroatoms. The van der Waals surface area contributed by atoms with Crippen molar-refractivity contribution in [2.45, 2.75) is 50.6 Å². The molecule has 2 aliphatic rings. The molecule has 184 valence electrons. The Morgan fingerprint density at radius 2 is 1.97 bits per heavy atom. The van der Waals surface area contributed by atoms with Gasteiger partial charge < -0.3 is 20.1 Å². The van der Waals surface area contributed by atoms with Gasteiger partial charge in [0.1, 0.15) is 5.56 Å². The van der Waals surface area contributed by atoms with Crippen molar-refractivity contribution in [3.05, 3.63) is 86.0 Å². The first-order valence-corrected chi connectivity index (χ1v) is 13.3. The van der Waals surface area contributed by atoms with E-state index in [1.807, 2.05) is 23.5 Å². The van der Waals surface area contributed by atoms with Gasteiger partial charge in [0, 0.05) is 34.1 Å². The van der Waals surface area contributed by atoms with Crippen LogP contribution < -0.4 is 15.5 Å². The minimum absolute atomic E-state index is 0.252. The standard InChI is InChI=1S/C29H28N2O4S/c1-35-28-25(18(17-10-11-17)12-20-26(28)31-15-21(27(20)32)29(33)34)24-13-19-22(8-5-9-23(19)36-24)30-14-16-6-3-2-4-7-16/h2-4,6-7,12-13,15,17,22,30H,5,8-11,14H2,1H3,(H,31,32)(H,33,34). The molecule has 0 amide bonds. The Labute approximate surface area is 213 Å². The fraction of sp³-hybridized carbons (Fsp3) is 0.310. The van der Waals surface area contributed by atoms with E-state index >= 15 is 0 Å². The lowest BCUT2D eigenvalue weighted by Gasteiger charge is -2.23. The number of aromatic amines is 1. The van der Waals surface area contributed by atoms with Crippen LogP contribution in [0.1, 0.15) is 69.6 Å². The van der Waals surface area contributed by atoms with E-state index in [9.17, 15) is 14.7 Å². The monoisotopic (exact) mass is 500 g/mol. The number of hydrogen-bond donors (Lipinski definition) is 3. The van der Waals surface area contributed by atoms with Crippen LogP contribution in [0.4, 0.5) is 0 Å². The first kappa shape index (κ1) is 23.0. The number of rotatable bonds is 7. The summed E-state index contributed by atoms with van der Waals surface area (Å²) in [6.07, 6.45) is 6.71. The van der Waals surface area contributed by atoms with E-state index in [2.05, 4.69) is 40.6 Å². The van der Waals surface area contributed by atoms with Crippen LogP contribution in [0.25, 0.3) is 21.3 Å². The van der Waals surface area contributed by atoms with Gasteiger partial charge in [-0.05, 0) is 66.8 Å². The number of nitrogens with one attached hydrogen (secondary N) is 2. The summed E-state index contributed by atoms with van der Waals surface area (Å²) in [5, 5.41) is 13.6. The Bertz CT molecular complexity index is 1520. The maximum atomic E-state index is 13.0. The van der Waals surface area contributed by atoms with Crippen molar-refractivity contribution in [2.75, 3.05) is 7.11 Å². The second kappa shape index (κ2) is 9.22. The summed E-state index contributed by atoms with van der Waals surface area (Å²) in [6, 6.07) is 15.0. The molecule has 2 aliphatic carbocycles. The third kappa shape index (κ3) is 4.02. The Kier molecular flexibility index (Phi) is 5.90. The number of thiophene rings is 1. The van der Waals surface area contributed by atoms with E-state index in [0.29, 0.717) is 28.6 Å². The highest BCUT2D eigenvalue weighted by molar-refractivity contribution is 7.15. The minimum Gasteiger partial charge on any atom is -0.494 e. The first-order valence-electron chi connectivity index (χ1n) is 12.4. The zero-order valence-corrected chi connectivity index (χ0v) is 20.9. The number of ether oxygens (including phenoxy) is 1. The maximum absolute atomic E-state index is 13.0. The molecule has 0 bridgehead atoms. The fourth-order valence-electron chi connectivity index (χ4n) is 5.42. The topological polar surface area (TPSA) is 91.4 Å². The lowest BCUT2D eigenvalue weighted by Crippen LogP contribution is -2.23. The molecule has 0 spiro atoms. The maximum Gasteiger partial charge on any atom is 0.341 e. The van der Waals surface area contributed by atoms with Gasteiger partial charge in [-0.2, -0.15) is 0 Å². The molecule has 2 heterocycles. The quantitative estimate of drug-likeness (QED) is 0.289. The van der Waals surface area contributed by atoms with Gasteiger partial charge in [-0.3, -0.25) is 4.79 Å². The summed E-state index contributed by atoms with van der Waals surface area (Å²) in [7, 11) is 1.62. The van der Waals surface area contributed by atoms with E-state index in [1.165, 1.54) is 22.2 Å². The van der Waals surface area contributed by atoms with E-state index in [0.717, 1.165) is 54.7 Å². The number of methoxy groups -OCH3 is 1. The number of carboxylic acid groups (broad SMARTS) is 1. The Morgan fingerprint density at radius 3 is 2.69 bits per heavy atom. The molecule has 0 saturated heterocycles. The highest BCUT2D eigenvalue weighted by atomic mass is 32.1. The number of carboxylic acids is 1. The van der Waals surface area contributed by atoms with Gasteiger partial charge >= 0.3 is 5.97 Å². The number of benzene rings is 2. The summed E-state index contributed by atoms with van der Waals surface area (Å²) in [4.78, 5) is 30.2. The molecule has 3 N–H and O–H groups in total. The average molecular weight is 501 g/mol. The molecule has 1 fully saturated rings. The molecule has 4 aromatic rings. The SMILES string of the molecule is COc1c(-c2cc3c(s2)CCCC3NCc2ccccc2)c(C2CC2)cc2c(=O)c(C(=O)O)c[nH]c12. The second-order valence-corrected chi connectivity index (χ2v) is 10.8. The predicted molar refractivity (Wildman–Crippen MR) is 142 cm³/mol. The van der Waals surface area contributed by atoms with Crippen molar-refractivity contribution < 1.29 is 14.6 Å². The second-order valence-electron chi connectivity index (χ2n) is 9.71. The highest BCUT2D eigenvalue weighted by Gasteiger charge is 2.32. The highest BCUT2D eigenvalue weighted by Crippen LogP contribution is 2.52. The van der Waals surface area contributed by atoms with Crippen LogP contribution in [0.5, 0.6) is 5.75 Å². The number of pyridine rings is 1. The molecule has 2 aromatic carbocycles. The van der Waals surface area contributed by atoms with Gasteiger partial charge in [0.2, 0.25) is 5.43 Å². The molecule has 6 nitrogen and oxygen atoms in total. The molecular weight excluding hydrogens is 472 g/mol. The molecular formula is C29H28N2O4S. The Hall–Kier alpha value is -3.42. The van der Waals surface area contributed by atoms with Crippen LogP contribution in [0, 0.1) is 0 Å². The summed E-state index contributed by atoms with van der Waals surface area (Å²) in [5.41, 5.74) is 4.58. The lowest BCUT2D eigenvalue weighted by molar-refractivity contribution is 0.0695. The summed E-state index contributed by atoms with van der Waals surface area (Å²) in [6.45, 7) is 0.829.